The van der Waals surface area contributed by atoms with Gasteiger partial charge in [0.2, 0.25) is 15.9 Å². The Morgan fingerprint density at radius 1 is 0.864 bits per heavy atom. The van der Waals surface area contributed by atoms with Crippen LogP contribution in [0, 0.1) is 0 Å². The molecular formula is C33H32F3N3O4S. The van der Waals surface area contributed by atoms with Crippen molar-refractivity contribution in [1.82, 2.24) is 14.2 Å². The quantitative estimate of drug-likeness (QED) is 0.178. The number of aromatic nitrogens is 1. The van der Waals surface area contributed by atoms with E-state index in [1.54, 1.807) is 18.2 Å². The van der Waals surface area contributed by atoms with Crippen LogP contribution in [0.15, 0.2) is 102 Å². The predicted molar refractivity (Wildman–Crippen MR) is 163 cm³/mol. The number of alkyl halides is 3. The first-order valence-electron chi connectivity index (χ1n) is 14.0. The van der Waals surface area contributed by atoms with E-state index in [1.807, 2.05) is 48.7 Å². The first-order chi connectivity index (χ1) is 21.1. The molecule has 1 amide bonds. The molecule has 11 heteroatoms. The number of carbonyl (C=O) groups is 1. The van der Waals surface area contributed by atoms with Gasteiger partial charge in [0, 0.05) is 49.2 Å². The normalized spacial score (nSPS) is 12.3. The number of hydrogen-bond acceptors (Lipinski definition) is 4. The van der Waals surface area contributed by atoms with Gasteiger partial charge in [0.15, 0.2) is 0 Å². The summed E-state index contributed by atoms with van der Waals surface area (Å²) in [5, 5.41) is 2.27. The molecule has 0 aliphatic heterocycles. The number of rotatable bonds is 12. The van der Waals surface area contributed by atoms with Crippen LogP contribution in [0.3, 0.4) is 0 Å². The molecule has 4 aromatic carbocycles. The average Bonchev–Trinajstić information content (AvgIpc) is 3.43. The largest absolute Gasteiger partial charge is 0.416 e. The number of para-hydroxylation sites is 1. The van der Waals surface area contributed by atoms with Crippen molar-refractivity contribution in [2.75, 3.05) is 33.4 Å². The van der Waals surface area contributed by atoms with Gasteiger partial charge >= 0.3 is 6.18 Å². The van der Waals surface area contributed by atoms with Gasteiger partial charge < -0.3 is 14.6 Å². The number of ether oxygens (including phenoxy) is 1. The molecule has 1 aromatic heterocycles. The number of hydrogen-bond donors (Lipinski definition) is 1. The van der Waals surface area contributed by atoms with Crippen LogP contribution in [0.5, 0.6) is 0 Å². The van der Waals surface area contributed by atoms with E-state index in [4.69, 9.17) is 4.74 Å². The highest BCUT2D eigenvalue weighted by atomic mass is 32.2. The fourth-order valence-electron chi connectivity index (χ4n) is 5.19. The summed E-state index contributed by atoms with van der Waals surface area (Å²) < 4.78 is 73.8. The highest BCUT2D eigenvalue weighted by molar-refractivity contribution is 7.89. The molecule has 0 unspecified atom stereocenters. The Hall–Kier alpha value is -4.19. The number of sulfonamides is 1. The van der Waals surface area contributed by atoms with Crippen molar-refractivity contribution < 1.29 is 31.1 Å². The zero-order valence-corrected chi connectivity index (χ0v) is 24.9. The summed E-state index contributed by atoms with van der Waals surface area (Å²) in [6, 6.07) is 24.5. The van der Waals surface area contributed by atoms with E-state index in [1.165, 1.54) is 30.2 Å². The number of aromatic amines is 1. The van der Waals surface area contributed by atoms with Crippen LogP contribution >= 0.6 is 0 Å². The molecular weight excluding hydrogens is 591 g/mol. The molecule has 0 fully saturated rings. The Labute approximate surface area is 253 Å². The minimum atomic E-state index is -4.48. The molecule has 0 aliphatic carbocycles. The van der Waals surface area contributed by atoms with E-state index in [9.17, 15) is 26.4 Å². The van der Waals surface area contributed by atoms with Gasteiger partial charge in [-0.25, -0.2) is 8.42 Å². The number of benzene rings is 4. The summed E-state index contributed by atoms with van der Waals surface area (Å²) >= 11 is 0. The Kier molecular flexibility index (Phi) is 9.38. The number of fused-ring (bicyclic) bond motifs is 2. The second kappa shape index (κ2) is 13.2. The summed E-state index contributed by atoms with van der Waals surface area (Å²) in [4.78, 5) is 18.7. The Morgan fingerprint density at radius 2 is 1.55 bits per heavy atom. The van der Waals surface area contributed by atoms with E-state index >= 15 is 0 Å². The van der Waals surface area contributed by atoms with Crippen LogP contribution in [-0.4, -0.2) is 61.9 Å². The molecule has 230 valence electrons. The first-order valence-corrected chi connectivity index (χ1v) is 15.5. The maximum atomic E-state index is 14.0. The summed E-state index contributed by atoms with van der Waals surface area (Å²) in [6.45, 7) is -0.251. The summed E-state index contributed by atoms with van der Waals surface area (Å²) in [7, 11) is -2.69. The number of carbonyl (C=O) groups excluding carboxylic acids is 1. The standard InChI is InChI=1S/C33H32F3N3O4S/c1-43-20-19-39(44(41,42)31-12-6-8-25-7-2-3-10-29(25)31)23-32(40)38(22-24-13-15-27(16-14-24)33(34,35)36)18-17-26-21-37-30-11-5-4-9-28(26)30/h2-16,21,37H,17-20,22-23H2,1H3. The van der Waals surface area contributed by atoms with Crippen LogP contribution in [0.25, 0.3) is 21.7 Å². The molecule has 44 heavy (non-hydrogen) atoms. The second-order valence-corrected chi connectivity index (χ2v) is 12.3. The molecule has 0 aliphatic rings. The number of nitrogens with one attached hydrogen (secondary N) is 1. The molecule has 7 nitrogen and oxygen atoms in total. The molecule has 5 aromatic rings. The van der Waals surface area contributed by atoms with Gasteiger partial charge in [-0.1, -0.05) is 66.7 Å². The van der Waals surface area contributed by atoms with Gasteiger partial charge in [-0.05, 0) is 47.2 Å². The number of halogens is 3. The van der Waals surface area contributed by atoms with Gasteiger partial charge in [-0.3, -0.25) is 4.79 Å². The minimum absolute atomic E-state index is 0.00571. The molecule has 0 saturated carbocycles. The van der Waals surface area contributed by atoms with Crippen molar-refractivity contribution >= 4 is 37.6 Å². The molecule has 0 spiro atoms. The van der Waals surface area contributed by atoms with Gasteiger partial charge in [0.25, 0.3) is 0 Å². The SMILES string of the molecule is COCCN(CC(=O)N(CCc1c[nH]c2ccccc12)Cc1ccc(C(F)(F)F)cc1)S(=O)(=O)c1cccc2ccccc12. The van der Waals surface area contributed by atoms with Crippen molar-refractivity contribution in [3.63, 3.8) is 0 Å². The molecule has 0 atom stereocenters. The highest BCUT2D eigenvalue weighted by Crippen LogP contribution is 2.30. The maximum absolute atomic E-state index is 14.0. The number of amides is 1. The van der Waals surface area contributed by atoms with Gasteiger partial charge in [0.1, 0.15) is 0 Å². The van der Waals surface area contributed by atoms with Gasteiger partial charge in [0.05, 0.1) is 23.6 Å². The predicted octanol–water partition coefficient (Wildman–Crippen LogP) is 6.25. The molecule has 1 N–H and O–H groups in total. The third-order valence-electron chi connectivity index (χ3n) is 7.56. The molecule has 0 radical (unpaired) electrons. The van der Waals surface area contributed by atoms with E-state index in [0.717, 1.165) is 38.3 Å². The van der Waals surface area contributed by atoms with Crippen molar-refractivity contribution in [3.8, 4) is 0 Å². The van der Waals surface area contributed by atoms with Crippen LogP contribution in [0.1, 0.15) is 16.7 Å². The van der Waals surface area contributed by atoms with Crippen molar-refractivity contribution in [2.24, 2.45) is 0 Å². The Morgan fingerprint density at radius 3 is 2.27 bits per heavy atom. The van der Waals surface area contributed by atoms with Crippen molar-refractivity contribution in [3.05, 3.63) is 114 Å². The second-order valence-electron chi connectivity index (χ2n) is 10.4. The van der Waals surface area contributed by atoms with Gasteiger partial charge in [-0.15, -0.1) is 0 Å². The smallest absolute Gasteiger partial charge is 0.383 e. The maximum Gasteiger partial charge on any atom is 0.416 e. The zero-order valence-electron chi connectivity index (χ0n) is 24.0. The van der Waals surface area contributed by atoms with Crippen LogP contribution in [0.4, 0.5) is 13.2 Å². The summed E-state index contributed by atoms with van der Waals surface area (Å²) in [5.74, 6) is -0.482. The van der Waals surface area contributed by atoms with Crippen LogP contribution < -0.4 is 0 Å². The number of methoxy groups -OCH3 is 1. The Balaban J connectivity index is 1.44. The lowest BCUT2D eigenvalue weighted by Crippen LogP contribution is -2.44. The Bertz CT molecular complexity index is 1850. The third-order valence-corrected chi connectivity index (χ3v) is 9.46. The van der Waals surface area contributed by atoms with E-state index in [-0.39, 0.29) is 31.1 Å². The lowest BCUT2D eigenvalue weighted by molar-refractivity contribution is -0.137. The highest BCUT2D eigenvalue weighted by Gasteiger charge is 2.31. The first kappa shape index (κ1) is 31.2. The third kappa shape index (κ3) is 6.96. The molecule has 1 heterocycles. The molecule has 0 saturated heterocycles. The molecule has 0 bridgehead atoms. The lowest BCUT2D eigenvalue weighted by atomic mass is 10.1. The minimum Gasteiger partial charge on any atom is -0.383 e. The number of H-pyrrole nitrogens is 1. The number of nitrogens with zero attached hydrogens (tertiary/aromatic N) is 2. The van der Waals surface area contributed by atoms with Crippen molar-refractivity contribution in [2.45, 2.75) is 24.0 Å². The monoisotopic (exact) mass is 623 g/mol. The van der Waals surface area contributed by atoms with E-state index in [0.29, 0.717) is 17.4 Å². The fourth-order valence-corrected chi connectivity index (χ4v) is 6.78. The van der Waals surface area contributed by atoms with Gasteiger partial charge in [-0.2, -0.15) is 17.5 Å². The lowest BCUT2D eigenvalue weighted by Gasteiger charge is -2.28. The van der Waals surface area contributed by atoms with Crippen LogP contribution in [-0.2, 0) is 38.7 Å². The van der Waals surface area contributed by atoms with Crippen molar-refractivity contribution in [1.29, 1.82) is 0 Å². The zero-order chi connectivity index (χ0) is 31.3. The summed E-state index contributed by atoms with van der Waals surface area (Å²) in [6.07, 6.45) is -2.17. The summed E-state index contributed by atoms with van der Waals surface area (Å²) in [5.41, 5.74) is 1.61. The topological polar surface area (TPSA) is 82.7 Å². The van der Waals surface area contributed by atoms with E-state index in [2.05, 4.69) is 4.98 Å². The van der Waals surface area contributed by atoms with E-state index < -0.39 is 34.2 Å². The average molecular weight is 624 g/mol. The fraction of sp³-hybridized carbons (Fsp3) is 0.242. The van der Waals surface area contributed by atoms with Crippen LogP contribution in [0.2, 0.25) is 0 Å². The molecule has 5 rings (SSSR count).